The summed E-state index contributed by atoms with van der Waals surface area (Å²) in [5, 5.41) is 9.65. The summed E-state index contributed by atoms with van der Waals surface area (Å²) in [6.45, 7) is 2.09. The Morgan fingerprint density at radius 2 is 2.00 bits per heavy atom. The van der Waals surface area contributed by atoms with Gasteiger partial charge in [-0.1, -0.05) is 41.9 Å². The summed E-state index contributed by atoms with van der Waals surface area (Å²) < 4.78 is 5.56. The van der Waals surface area contributed by atoms with E-state index in [2.05, 4.69) is 0 Å². The van der Waals surface area contributed by atoms with Crippen molar-refractivity contribution in [3.05, 3.63) is 58.6 Å². The molecule has 0 spiro atoms. The lowest BCUT2D eigenvalue weighted by atomic mass is 10.1. The van der Waals surface area contributed by atoms with E-state index in [4.69, 9.17) is 16.3 Å². The Balaban J connectivity index is 1.86. The van der Waals surface area contributed by atoms with Gasteiger partial charge in [-0.25, -0.2) is 4.79 Å². The average molecular weight is 360 g/mol. The number of aryl methyl sites for hydroxylation is 1. The van der Waals surface area contributed by atoms with Gasteiger partial charge in [0.2, 0.25) is 0 Å². The van der Waals surface area contributed by atoms with Crippen LogP contribution < -0.4 is 9.64 Å². The first-order chi connectivity index (χ1) is 12.0. The zero-order chi connectivity index (χ0) is 18.0. The van der Waals surface area contributed by atoms with E-state index in [1.165, 1.54) is 11.6 Å². The van der Waals surface area contributed by atoms with Gasteiger partial charge in [-0.3, -0.25) is 4.79 Å². The fraction of sp³-hybridized carbons (Fsp3) is 0.263. The van der Waals surface area contributed by atoms with Crippen LogP contribution in [-0.4, -0.2) is 29.6 Å². The average Bonchev–Trinajstić information content (AvgIpc) is 2.59. The number of fused-ring (bicyclic) bond motifs is 1. The molecule has 130 valence electrons. The van der Waals surface area contributed by atoms with Gasteiger partial charge < -0.3 is 14.7 Å². The van der Waals surface area contributed by atoms with Crippen molar-refractivity contribution >= 4 is 29.2 Å². The molecule has 0 fully saturated rings. The first kappa shape index (κ1) is 17.3. The standard InChI is InChI=1S/C19H18ClNO4/c1-12-18(22)21(9-5-8-13-6-3-2-4-7-13)16-11-14(20)10-15(19(23)24)17(16)25-12/h2-4,6-7,10-12H,5,8-9H2,1H3,(H,23,24). The Hall–Kier alpha value is -2.53. The molecule has 5 nitrogen and oxygen atoms in total. The van der Waals surface area contributed by atoms with E-state index in [0.717, 1.165) is 12.8 Å². The van der Waals surface area contributed by atoms with Crippen LogP contribution >= 0.6 is 11.6 Å². The number of amides is 1. The number of aromatic carboxylic acids is 1. The Labute approximate surface area is 150 Å². The van der Waals surface area contributed by atoms with Crippen LogP contribution in [0.15, 0.2) is 42.5 Å². The molecule has 6 heteroatoms. The fourth-order valence-electron chi connectivity index (χ4n) is 2.94. The van der Waals surface area contributed by atoms with E-state index in [9.17, 15) is 14.7 Å². The molecule has 3 rings (SSSR count). The normalized spacial score (nSPS) is 16.3. The third kappa shape index (κ3) is 3.61. The van der Waals surface area contributed by atoms with Crippen LogP contribution in [0.2, 0.25) is 5.02 Å². The second-order valence-electron chi connectivity index (χ2n) is 5.95. The molecule has 0 saturated heterocycles. The molecule has 0 saturated carbocycles. The van der Waals surface area contributed by atoms with Crippen LogP contribution in [0.1, 0.15) is 29.3 Å². The van der Waals surface area contributed by atoms with Crippen LogP contribution in [0.4, 0.5) is 5.69 Å². The van der Waals surface area contributed by atoms with Gasteiger partial charge in [-0.15, -0.1) is 0 Å². The Morgan fingerprint density at radius 3 is 2.68 bits per heavy atom. The Bertz CT molecular complexity index is 807. The molecule has 0 aliphatic carbocycles. The number of hydrogen-bond donors (Lipinski definition) is 1. The Kier molecular flexibility index (Phi) is 4.95. The van der Waals surface area contributed by atoms with Crippen molar-refractivity contribution in [3.8, 4) is 5.75 Å². The molecule has 1 atom stereocenters. The molecule has 2 aromatic carbocycles. The van der Waals surface area contributed by atoms with E-state index >= 15 is 0 Å². The van der Waals surface area contributed by atoms with Gasteiger partial charge in [0.25, 0.3) is 5.91 Å². The molecule has 0 radical (unpaired) electrons. The minimum atomic E-state index is -1.13. The summed E-state index contributed by atoms with van der Waals surface area (Å²) in [4.78, 5) is 25.6. The first-order valence-electron chi connectivity index (χ1n) is 8.06. The number of anilines is 1. The van der Waals surface area contributed by atoms with Gasteiger partial charge in [-0.05, 0) is 37.5 Å². The molecule has 1 N–H and O–H groups in total. The number of carbonyl (C=O) groups is 2. The van der Waals surface area contributed by atoms with Crippen molar-refractivity contribution in [2.45, 2.75) is 25.9 Å². The fourth-order valence-corrected chi connectivity index (χ4v) is 3.16. The van der Waals surface area contributed by atoms with Crippen LogP contribution in [0, 0.1) is 0 Å². The van der Waals surface area contributed by atoms with Gasteiger partial charge in [-0.2, -0.15) is 0 Å². The van der Waals surface area contributed by atoms with E-state index in [0.29, 0.717) is 12.2 Å². The minimum absolute atomic E-state index is 0.0325. The van der Waals surface area contributed by atoms with Crippen LogP contribution in [0.25, 0.3) is 0 Å². The molecule has 1 aliphatic rings. The SMILES string of the molecule is CC1Oc2c(C(=O)O)cc(Cl)cc2N(CCCc2ccccc2)C1=O. The highest BCUT2D eigenvalue weighted by atomic mass is 35.5. The van der Waals surface area contributed by atoms with Crippen LogP contribution in [0.5, 0.6) is 5.75 Å². The maximum Gasteiger partial charge on any atom is 0.339 e. The molecule has 1 amide bonds. The number of benzene rings is 2. The first-order valence-corrected chi connectivity index (χ1v) is 8.44. The maximum atomic E-state index is 12.5. The van der Waals surface area contributed by atoms with Gasteiger partial charge in [0.05, 0.1) is 5.69 Å². The van der Waals surface area contributed by atoms with E-state index in [1.807, 2.05) is 30.3 Å². The second-order valence-corrected chi connectivity index (χ2v) is 6.38. The van der Waals surface area contributed by atoms with Crippen molar-refractivity contribution in [3.63, 3.8) is 0 Å². The highest BCUT2D eigenvalue weighted by molar-refractivity contribution is 6.31. The van der Waals surface area contributed by atoms with Gasteiger partial charge in [0.15, 0.2) is 11.9 Å². The third-order valence-corrected chi connectivity index (χ3v) is 4.37. The van der Waals surface area contributed by atoms with E-state index < -0.39 is 12.1 Å². The summed E-state index contributed by atoms with van der Waals surface area (Å²) in [7, 11) is 0. The number of halogens is 1. The highest BCUT2D eigenvalue weighted by Crippen LogP contribution is 2.39. The zero-order valence-electron chi connectivity index (χ0n) is 13.7. The molecule has 0 aromatic heterocycles. The van der Waals surface area contributed by atoms with Crippen molar-refractivity contribution in [2.75, 3.05) is 11.4 Å². The quantitative estimate of drug-likeness (QED) is 0.882. The van der Waals surface area contributed by atoms with E-state index in [-0.39, 0.29) is 22.2 Å². The molecule has 1 heterocycles. The van der Waals surface area contributed by atoms with Crippen molar-refractivity contribution < 1.29 is 19.4 Å². The summed E-state index contributed by atoms with van der Waals surface area (Å²) in [6, 6.07) is 12.9. The van der Waals surface area contributed by atoms with Crippen molar-refractivity contribution in [1.82, 2.24) is 0 Å². The summed E-state index contributed by atoms with van der Waals surface area (Å²) in [5.74, 6) is -1.13. The molecule has 1 aliphatic heterocycles. The number of carbonyl (C=O) groups excluding carboxylic acids is 1. The lowest BCUT2D eigenvalue weighted by molar-refractivity contribution is -0.125. The number of nitrogens with zero attached hydrogens (tertiary/aromatic N) is 1. The summed E-state index contributed by atoms with van der Waals surface area (Å²) in [5.41, 5.74) is 1.57. The molecule has 1 unspecified atom stereocenters. The number of rotatable bonds is 5. The number of ether oxygens (including phenoxy) is 1. The predicted molar refractivity (Wildman–Crippen MR) is 95.6 cm³/mol. The number of carboxylic acid groups (broad SMARTS) is 1. The van der Waals surface area contributed by atoms with Gasteiger partial charge in [0, 0.05) is 11.6 Å². The van der Waals surface area contributed by atoms with Gasteiger partial charge >= 0.3 is 5.97 Å². The molecule has 2 aromatic rings. The largest absolute Gasteiger partial charge is 0.478 e. The van der Waals surface area contributed by atoms with Crippen LogP contribution in [-0.2, 0) is 11.2 Å². The lowest BCUT2D eigenvalue weighted by Gasteiger charge is -2.34. The van der Waals surface area contributed by atoms with E-state index in [1.54, 1.807) is 17.9 Å². The zero-order valence-corrected chi connectivity index (χ0v) is 14.5. The molecule has 25 heavy (non-hydrogen) atoms. The molecular weight excluding hydrogens is 342 g/mol. The lowest BCUT2D eigenvalue weighted by Crippen LogP contribution is -2.45. The smallest absolute Gasteiger partial charge is 0.339 e. The second kappa shape index (κ2) is 7.15. The maximum absolute atomic E-state index is 12.5. The highest BCUT2D eigenvalue weighted by Gasteiger charge is 2.34. The van der Waals surface area contributed by atoms with Gasteiger partial charge in [0.1, 0.15) is 5.56 Å². The van der Waals surface area contributed by atoms with Crippen molar-refractivity contribution in [1.29, 1.82) is 0 Å². The monoisotopic (exact) mass is 359 g/mol. The summed E-state index contributed by atoms with van der Waals surface area (Å²) >= 11 is 6.05. The topological polar surface area (TPSA) is 66.8 Å². The van der Waals surface area contributed by atoms with Crippen LogP contribution in [0.3, 0.4) is 0 Å². The number of carboxylic acids is 1. The minimum Gasteiger partial charge on any atom is -0.478 e. The Morgan fingerprint density at radius 1 is 1.28 bits per heavy atom. The van der Waals surface area contributed by atoms with Crippen molar-refractivity contribution in [2.24, 2.45) is 0 Å². The number of hydrogen-bond acceptors (Lipinski definition) is 3. The molecular formula is C19H18ClNO4. The third-order valence-electron chi connectivity index (χ3n) is 4.15. The molecule has 0 bridgehead atoms. The predicted octanol–water partition coefficient (Wildman–Crippen LogP) is 3.78. The summed E-state index contributed by atoms with van der Waals surface area (Å²) in [6.07, 6.45) is 0.835.